The lowest BCUT2D eigenvalue weighted by atomic mass is 9.84. The van der Waals surface area contributed by atoms with Crippen molar-refractivity contribution in [2.24, 2.45) is 5.92 Å². The lowest BCUT2D eigenvalue weighted by Gasteiger charge is -2.48. The first-order valence-corrected chi connectivity index (χ1v) is 13.9. The van der Waals surface area contributed by atoms with Crippen LogP contribution in [0.4, 0.5) is 0 Å². The number of methoxy groups -OCH3 is 1. The maximum Gasteiger partial charge on any atom is 0.200 e. The van der Waals surface area contributed by atoms with Gasteiger partial charge in [-0.3, -0.25) is 0 Å². The van der Waals surface area contributed by atoms with Crippen LogP contribution in [0.1, 0.15) is 63.5 Å². The zero-order valence-corrected chi connectivity index (χ0v) is 22.9. The molecule has 38 heavy (non-hydrogen) atoms. The van der Waals surface area contributed by atoms with Gasteiger partial charge in [-0.1, -0.05) is 49.4 Å². The highest BCUT2D eigenvalue weighted by molar-refractivity contribution is 5.26. The van der Waals surface area contributed by atoms with E-state index in [1.807, 2.05) is 49.4 Å². The van der Waals surface area contributed by atoms with Gasteiger partial charge in [-0.2, -0.15) is 0 Å². The van der Waals surface area contributed by atoms with Crippen LogP contribution in [0.15, 0.2) is 54.6 Å². The summed E-state index contributed by atoms with van der Waals surface area (Å²) in [6, 6.07) is 18.1. The minimum atomic E-state index is -1.08. The second-order valence-electron chi connectivity index (χ2n) is 11.3. The van der Waals surface area contributed by atoms with Crippen LogP contribution in [0.5, 0.6) is 5.75 Å². The molecular formula is C31H42O7. The van der Waals surface area contributed by atoms with Crippen molar-refractivity contribution in [3.8, 4) is 5.75 Å². The maximum absolute atomic E-state index is 11.4. The summed E-state index contributed by atoms with van der Waals surface area (Å²) in [6.07, 6.45) is 4.12. The molecule has 2 spiro atoms. The fourth-order valence-electron chi connectivity index (χ4n) is 6.05. The number of hydrogen-bond acceptors (Lipinski definition) is 7. The second kappa shape index (κ2) is 11.6. The van der Waals surface area contributed by atoms with Crippen molar-refractivity contribution in [3.63, 3.8) is 0 Å². The van der Waals surface area contributed by atoms with Crippen LogP contribution in [0.3, 0.4) is 0 Å². The Balaban J connectivity index is 1.12. The van der Waals surface area contributed by atoms with Gasteiger partial charge in [0.2, 0.25) is 5.79 Å². The highest BCUT2D eigenvalue weighted by Crippen LogP contribution is 2.55. The molecule has 6 atom stereocenters. The van der Waals surface area contributed by atoms with E-state index in [-0.39, 0.29) is 12.2 Å². The summed E-state index contributed by atoms with van der Waals surface area (Å²) in [5.41, 5.74) is 1.16. The third-order valence-corrected chi connectivity index (χ3v) is 8.34. The summed E-state index contributed by atoms with van der Waals surface area (Å²) in [5, 5.41) is 11.4. The fourth-order valence-corrected chi connectivity index (χ4v) is 6.05. The van der Waals surface area contributed by atoms with Crippen LogP contribution >= 0.6 is 0 Å². The number of ether oxygens (including phenoxy) is 6. The van der Waals surface area contributed by atoms with E-state index in [0.717, 1.165) is 36.1 Å². The van der Waals surface area contributed by atoms with E-state index in [4.69, 9.17) is 28.4 Å². The molecule has 1 N–H and O–H groups in total. The number of aliphatic hydroxyl groups is 1. The van der Waals surface area contributed by atoms with Gasteiger partial charge in [0.1, 0.15) is 11.4 Å². The Morgan fingerprint density at radius 1 is 0.921 bits per heavy atom. The van der Waals surface area contributed by atoms with E-state index in [0.29, 0.717) is 51.6 Å². The third-order valence-electron chi connectivity index (χ3n) is 8.34. The highest BCUT2D eigenvalue weighted by Gasteiger charge is 2.64. The molecule has 0 bridgehead atoms. The maximum atomic E-state index is 11.4. The van der Waals surface area contributed by atoms with Gasteiger partial charge in [-0.25, -0.2) is 0 Å². The van der Waals surface area contributed by atoms with Crippen molar-refractivity contribution in [2.75, 3.05) is 20.3 Å². The second-order valence-corrected chi connectivity index (χ2v) is 11.3. The van der Waals surface area contributed by atoms with Crippen LogP contribution in [0.2, 0.25) is 0 Å². The molecule has 0 aromatic heterocycles. The molecule has 2 aromatic carbocycles. The summed E-state index contributed by atoms with van der Waals surface area (Å²) in [5.74, 6) is -0.635. The average molecular weight is 527 g/mol. The molecule has 0 saturated carbocycles. The molecule has 3 saturated heterocycles. The van der Waals surface area contributed by atoms with Gasteiger partial charge in [-0.15, -0.1) is 0 Å². The van der Waals surface area contributed by atoms with E-state index < -0.39 is 17.2 Å². The molecule has 0 amide bonds. The standard InChI is InChI=1S/C31H42O7/c1-23-19-30(37-28(23)14-18-34-20-25-9-11-26(33-3)12-10-25)16-17-31(38-30)29(2,32)15-13-27(36-31)22-35-21-24-7-5-4-6-8-24/h4-12,23,27-28,32H,13-22H2,1-3H3/t23-,27+,28-,29-,30-,31+/m1/s1. The number of hydrogen-bond donors (Lipinski definition) is 1. The van der Waals surface area contributed by atoms with E-state index in [9.17, 15) is 5.11 Å². The van der Waals surface area contributed by atoms with E-state index in [1.165, 1.54) is 0 Å². The minimum absolute atomic E-state index is 0.0413. The minimum Gasteiger partial charge on any atom is -0.497 e. The van der Waals surface area contributed by atoms with E-state index in [2.05, 4.69) is 19.1 Å². The molecule has 7 heteroatoms. The molecule has 208 valence electrons. The molecule has 3 heterocycles. The van der Waals surface area contributed by atoms with Gasteiger partial charge in [0, 0.05) is 25.9 Å². The van der Waals surface area contributed by atoms with Crippen molar-refractivity contribution >= 4 is 0 Å². The number of benzene rings is 2. The Morgan fingerprint density at radius 2 is 1.66 bits per heavy atom. The van der Waals surface area contributed by atoms with Gasteiger partial charge in [0.05, 0.1) is 39.1 Å². The predicted molar refractivity (Wildman–Crippen MR) is 143 cm³/mol. The van der Waals surface area contributed by atoms with Crippen molar-refractivity contribution in [3.05, 3.63) is 65.7 Å². The lowest BCUT2D eigenvalue weighted by molar-refractivity contribution is -0.389. The molecule has 5 rings (SSSR count). The Labute approximate surface area is 226 Å². The molecule has 3 aliphatic rings. The van der Waals surface area contributed by atoms with Crippen molar-refractivity contribution in [2.45, 2.75) is 95.0 Å². The quantitative estimate of drug-likeness (QED) is 0.417. The first kappa shape index (κ1) is 27.6. The lowest BCUT2D eigenvalue weighted by Crippen LogP contribution is -2.60. The summed E-state index contributed by atoms with van der Waals surface area (Å²) in [7, 11) is 1.67. The van der Waals surface area contributed by atoms with Gasteiger partial charge in [-0.05, 0) is 55.4 Å². The highest BCUT2D eigenvalue weighted by atomic mass is 16.8. The normalized spacial score (nSPS) is 34.8. The summed E-state index contributed by atoms with van der Waals surface area (Å²) in [6.45, 7) is 6.21. The monoisotopic (exact) mass is 526 g/mol. The average Bonchev–Trinajstić information content (AvgIpc) is 3.43. The SMILES string of the molecule is COc1ccc(COCC[C@H]2O[C@@]3(CC[C@]4(O[C@H](COCc5ccccc5)CC[C@@]4(C)O)O3)C[C@H]2C)cc1. The fraction of sp³-hybridized carbons (Fsp3) is 0.613. The third kappa shape index (κ3) is 6.09. The summed E-state index contributed by atoms with van der Waals surface area (Å²) >= 11 is 0. The molecule has 7 nitrogen and oxygen atoms in total. The summed E-state index contributed by atoms with van der Waals surface area (Å²) in [4.78, 5) is 0. The van der Waals surface area contributed by atoms with Gasteiger partial charge in [0.25, 0.3) is 0 Å². The van der Waals surface area contributed by atoms with Gasteiger partial charge in [0.15, 0.2) is 5.79 Å². The molecule has 0 unspecified atom stereocenters. The molecule has 3 fully saturated rings. The van der Waals surface area contributed by atoms with Crippen molar-refractivity contribution in [1.29, 1.82) is 0 Å². The topological polar surface area (TPSA) is 75.6 Å². The smallest absolute Gasteiger partial charge is 0.200 e. The van der Waals surface area contributed by atoms with Crippen LogP contribution in [-0.4, -0.2) is 54.8 Å². The Hall–Kier alpha value is -2.00. The molecule has 0 radical (unpaired) electrons. The van der Waals surface area contributed by atoms with Crippen LogP contribution in [0.25, 0.3) is 0 Å². The van der Waals surface area contributed by atoms with Crippen LogP contribution in [0, 0.1) is 5.92 Å². The van der Waals surface area contributed by atoms with Crippen LogP contribution < -0.4 is 4.74 Å². The van der Waals surface area contributed by atoms with E-state index in [1.54, 1.807) is 7.11 Å². The summed E-state index contributed by atoms with van der Waals surface area (Å²) < 4.78 is 36.8. The molecule has 3 aliphatic heterocycles. The van der Waals surface area contributed by atoms with Gasteiger partial charge >= 0.3 is 0 Å². The molecule has 0 aliphatic carbocycles. The first-order valence-electron chi connectivity index (χ1n) is 13.9. The Kier molecular flexibility index (Phi) is 8.43. The number of rotatable bonds is 10. The van der Waals surface area contributed by atoms with Crippen molar-refractivity contribution < 1.29 is 33.5 Å². The zero-order chi connectivity index (χ0) is 26.6. The molecular weight excluding hydrogens is 484 g/mol. The van der Waals surface area contributed by atoms with Crippen LogP contribution in [-0.2, 0) is 36.9 Å². The van der Waals surface area contributed by atoms with Crippen molar-refractivity contribution in [1.82, 2.24) is 0 Å². The van der Waals surface area contributed by atoms with E-state index >= 15 is 0 Å². The predicted octanol–water partition coefficient (Wildman–Crippen LogP) is 5.38. The Morgan fingerprint density at radius 3 is 2.42 bits per heavy atom. The largest absolute Gasteiger partial charge is 0.497 e. The zero-order valence-electron chi connectivity index (χ0n) is 22.9. The van der Waals surface area contributed by atoms with Gasteiger partial charge < -0.3 is 33.5 Å². The molecule has 2 aromatic rings. The first-order chi connectivity index (χ1) is 18.3. The Bertz CT molecular complexity index is 1030.